The molecular formula is C50H87N13O30S6. The molecule has 0 saturated carbocycles. The molecule has 0 spiro atoms. The number of amides is 1. The van der Waals surface area contributed by atoms with E-state index in [9.17, 15) is 117 Å². The van der Waals surface area contributed by atoms with E-state index in [-0.39, 0.29) is 15.3 Å². The topological polar surface area (TPSA) is 683 Å². The number of carbonyl (C=O) groups excluding carboxylic acids is 1. The van der Waals surface area contributed by atoms with E-state index in [1.54, 1.807) is 0 Å². The van der Waals surface area contributed by atoms with Crippen LogP contribution in [0, 0.1) is 0 Å². The second-order valence-electron chi connectivity index (χ2n) is 23.9. The lowest BCUT2D eigenvalue weighted by Crippen LogP contribution is -2.72. The molecule has 7 aliphatic rings. The molecule has 0 aromatic rings. The number of aliphatic hydroxyl groups is 22. The predicted octanol–water partition coefficient (Wildman–Crippen LogP) is -19.4. The molecule has 49 heteroatoms. The molecule has 35 atom stereocenters. The van der Waals surface area contributed by atoms with E-state index in [0.29, 0.717) is 0 Å². The van der Waals surface area contributed by atoms with Crippen molar-refractivity contribution in [2.24, 2.45) is 0 Å². The van der Waals surface area contributed by atoms with Crippen LogP contribution < -0.4 is 69.1 Å². The van der Waals surface area contributed by atoms with Gasteiger partial charge in [0.25, 0.3) is 0 Å². The number of ether oxygens (including phenoxy) is 7. The third kappa shape index (κ3) is 20.3. The Morgan fingerprint density at radius 3 is 0.657 bits per heavy atom. The van der Waals surface area contributed by atoms with Gasteiger partial charge in [-0.15, -0.1) is 0 Å². The summed E-state index contributed by atoms with van der Waals surface area (Å²) in [5, 5.41) is 266. The maximum absolute atomic E-state index is 12.5. The summed E-state index contributed by atoms with van der Waals surface area (Å²) in [5.74, 6) is -0.734. The van der Waals surface area contributed by atoms with Crippen LogP contribution in [0.25, 0.3) is 0 Å². The summed E-state index contributed by atoms with van der Waals surface area (Å²) in [5.41, 5.74) is 0. The second kappa shape index (κ2) is 36.9. The second-order valence-corrected chi connectivity index (χ2v) is 26.4. The molecule has 0 aromatic carbocycles. The maximum atomic E-state index is 12.5. The van der Waals surface area contributed by atoms with Gasteiger partial charge < -0.3 is 215 Å². The van der Waals surface area contributed by atoms with Gasteiger partial charge in [-0.25, -0.2) is 0 Å². The Kier molecular flexibility index (Phi) is 30.9. The summed E-state index contributed by atoms with van der Waals surface area (Å²) in [6.07, 6.45) is -53.4. The van der Waals surface area contributed by atoms with E-state index in [2.05, 4.69) is 69.1 Å². The summed E-state index contributed by atoms with van der Waals surface area (Å²) in [6, 6.07) is -4.80. The minimum Gasteiger partial charge on any atom is -0.394 e. The quantitative estimate of drug-likeness (QED) is 0.0503. The first-order valence-electron chi connectivity index (χ1n) is 30.5. The molecule has 35 N–H and O–H groups in total. The largest absolute Gasteiger partial charge is 0.394 e. The van der Waals surface area contributed by atoms with Gasteiger partial charge in [0.2, 0.25) is 5.91 Å². The normalized spacial score (nSPS) is 43.9. The highest BCUT2D eigenvalue weighted by Gasteiger charge is 2.53. The van der Waals surface area contributed by atoms with Crippen molar-refractivity contribution in [3.63, 3.8) is 0 Å². The minimum absolute atomic E-state index is 0.299. The zero-order chi connectivity index (χ0) is 73.3. The van der Waals surface area contributed by atoms with Gasteiger partial charge in [-0.3, -0.25) is 4.79 Å². The van der Waals surface area contributed by atoms with Crippen LogP contribution in [0.2, 0.25) is 0 Å². The Hall–Kier alpha value is -3.55. The average molecular weight is 1540 g/mol. The Morgan fingerprint density at radius 2 is 0.444 bits per heavy atom. The van der Waals surface area contributed by atoms with E-state index in [4.69, 9.17) is 106 Å². The fraction of sp³-hybridized carbons (Fsp3) is 0.860. The zero-order valence-electron chi connectivity index (χ0n) is 51.7. The van der Waals surface area contributed by atoms with Gasteiger partial charge in [0.05, 0.1) is 44.6 Å². The molecule has 99 heavy (non-hydrogen) atoms. The van der Waals surface area contributed by atoms with Crippen molar-refractivity contribution in [1.29, 1.82) is 0 Å². The van der Waals surface area contributed by atoms with Crippen LogP contribution in [0.1, 0.15) is 6.92 Å². The van der Waals surface area contributed by atoms with Gasteiger partial charge >= 0.3 is 0 Å². The average Bonchev–Trinajstić information content (AvgIpc) is 1.02. The summed E-state index contributed by atoms with van der Waals surface area (Å²) in [4.78, 5) is 12.5. The van der Waals surface area contributed by atoms with Crippen molar-refractivity contribution in [1.82, 2.24) is 69.1 Å². The zero-order valence-corrected chi connectivity index (χ0v) is 56.6. The molecule has 43 nitrogen and oxygen atoms in total. The fourth-order valence-corrected chi connectivity index (χ4v) is 12.8. The summed E-state index contributed by atoms with van der Waals surface area (Å²) in [6.45, 7) is -3.49. The lowest BCUT2D eigenvalue weighted by atomic mass is 9.94. The summed E-state index contributed by atoms with van der Waals surface area (Å²) >= 11 is 32.7. The Bertz CT molecular complexity index is 2720. The van der Waals surface area contributed by atoms with Gasteiger partial charge in [0.1, 0.15) is 153 Å². The molecule has 1 amide bonds. The molecule has 7 fully saturated rings. The van der Waals surface area contributed by atoms with Crippen LogP contribution in [0.5, 0.6) is 0 Å². The van der Waals surface area contributed by atoms with Crippen molar-refractivity contribution >= 4 is 110 Å². The van der Waals surface area contributed by atoms with Crippen molar-refractivity contribution in [2.45, 2.75) is 221 Å². The van der Waals surface area contributed by atoms with E-state index in [1.807, 2.05) is 0 Å². The highest BCUT2D eigenvalue weighted by molar-refractivity contribution is 7.81. The van der Waals surface area contributed by atoms with Crippen LogP contribution in [0.4, 0.5) is 0 Å². The van der Waals surface area contributed by atoms with Crippen LogP contribution in [0.15, 0.2) is 0 Å². The first-order valence-corrected chi connectivity index (χ1v) is 33.0. The number of thiocarbonyl (C=S) groups is 6. The van der Waals surface area contributed by atoms with Crippen molar-refractivity contribution in [3.8, 4) is 0 Å². The molecule has 7 saturated heterocycles. The van der Waals surface area contributed by atoms with Crippen molar-refractivity contribution in [3.05, 3.63) is 0 Å². The molecule has 7 aliphatic heterocycles. The highest BCUT2D eigenvalue weighted by atomic mass is 32.1. The number of carbonyl (C=O) groups is 1. The maximum Gasteiger partial charge on any atom is 0.218 e. The van der Waals surface area contributed by atoms with Crippen LogP contribution in [-0.2, 0) is 38.0 Å². The fourth-order valence-electron chi connectivity index (χ4n) is 11.5. The van der Waals surface area contributed by atoms with Gasteiger partial charge in [0, 0.05) is 26.6 Å². The predicted molar refractivity (Wildman–Crippen MR) is 350 cm³/mol. The number of aliphatic hydroxyl groups excluding tert-OH is 22. The molecule has 7 rings (SSSR count). The molecule has 0 unspecified atom stereocenters. The van der Waals surface area contributed by atoms with E-state index < -0.39 is 282 Å². The number of hydrogen-bond donors (Lipinski definition) is 35. The molecule has 0 radical (unpaired) electrons. The molecule has 568 valence electrons. The minimum atomic E-state index is -1.91. The van der Waals surface area contributed by atoms with E-state index in [0.717, 1.165) is 6.92 Å². The van der Waals surface area contributed by atoms with Gasteiger partial charge in [0.15, 0.2) is 74.3 Å². The van der Waals surface area contributed by atoms with Gasteiger partial charge in [-0.2, -0.15) is 0 Å². The SMILES string of the molecule is CC(=O)N[C@@H]1O[C@H](CNC(=S)N[C@@H]2O[C@H](CNC(=S)N[C@@H]3O[C@H](CO)[C@@H](O)[C@H](O)[C@H]3O)[C@@H](O)[C@H](NC(=S)N[C@@H]3O[C@H](CO)[C@@H](O)[C@H](O)[C@H]3O)[C@H]2O)[C@@H](O)[C@H](NC(=S)N[C@@H]2O[C@H](CNC(=S)N[C@@H]3O[C@H](CO)[C@@H](O)[C@H](O)[C@H]3O)[C@@H](O)[C@H](NC(=S)N[C@@H]3O[C@H](CO)[C@@H](O)[C@H](O)[C@H]3O)[C@H]2O)[C@H]1O. The molecule has 0 aromatic heterocycles. The third-order valence-corrected chi connectivity index (χ3v) is 18.6. The van der Waals surface area contributed by atoms with Crippen LogP contribution >= 0.6 is 73.3 Å². The molecular weight excluding hydrogens is 1460 g/mol. The van der Waals surface area contributed by atoms with Crippen molar-refractivity contribution in [2.75, 3.05) is 46.1 Å². The monoisotopic (exact) mass is 1540 g/mol. The van der Waals surface area contributed by atoms with Gasteiger partial charge in [-0.1, -0.05) is 0 Å². The van der Waals surface area contributed by atoms with Crippen molar-refractivity contribution < 1.29 is 150 Å². The van der Waals surface area contributed by atoms with E-state index in [1.165, 1.54) is 0 Å². The standard InChI is InChI=1S/C50H87N13O30S6/c1-9(68)54-38-27(76)17(55-48(97)61-40-29(78)19(57-50(99)63-44-37(86)33(82)26(75)16(8-67)93-44)22(71)12(89-40)4-53-47(96)60-42-35(84)31(80)24(73)14(6-65)91-42)20(69)10(87-38)2-51-45(94)58-39-28(77)18(56-49(98)62-43-36(85)32(81)25(74)15(7-66)92-43)21(70)11(88-39)3-52-46(95)59-41-34(83)30(79)23(72)13(5-64)90-41/h10-44,64-67,69-86H,2-8H2,1H3,(H,54,68)(H2,51,58,94)(H2,52,59,95)(H2,53,60,96)(H2,55,61,97)(H2,56,62,98)(H2,57,63,99)/t10-,11-,12-,13-,14-,15-,16-,17+,18+,19+,20-,21-,22-,23-,24-,25-,26-,27-,28-,29-,30+,31+,32+,33+,34-,35-,36-,37-,38-,39-,40-,41-,42-,43-,44-/m1/s1. The van der Waals surface area contributed by atoms with Crippen LogP contribution in [0.3, 0.4) is 0 Å². The lowest BCUT2D eigenvalue weighted by molar-refractivity contribution is -0.232. The van der Waals surface area contributed by atoms with Gasteiger partial charge in [-0.05, 0) is 73.3 Å². The Labute approximate surface area is 593 Å². The summed E-state index contributed by atoms with van der Waals surface area (Å²) < 4.78 is 39.9. The molecule has 0 aliphatic carbocycles. The molecule has 0 bridgehead atoms. The Morgan fingerprint density at radius 1 is 0.253 bits per heavy atom. The molecule has 7 heterocycles. The third-order valence-electron chi connectivity index (χ3n) is 17.1. The number of nitrogens with one attached hydrogen (secondary N) is 13. The number of rotatable bonds is 20. The Balaban J connectivity index is 1.04. The number of hydrogen-bond acceptors (Lipinski definition) is 36. The lowest BCUT2D eigenvalue weighted by Gasteiger charge is -2.46. The van der Waals surface area contributed by atoms with E-state index >= 15 is 0 Å². The van der Waals surface area contributed by atoms with Crippen LogP contribution in [-0.4, -0.2) is 409 Å². The smallest absolute Gasteiger partial charge is 0.218 e. The first-order chi connectivity index (χ1) is 46.6. The first kappa shape index (κ1) is 82.7. The summed E-state index contributed by atoms with van der Waals surface area (Å²) in [7, 11) is 0. The highest BCUT2D eigenvalue weighted by Crippen LogP contribution is 2.28.